The molecule has 1 saturated carbocycles. The number of nitrogens with one attached hydrogen (secondary N) is 2. The molecule has 20 heavy (non-hydrogen) atoms. The van der Waals surface area contributed by atoms with Crippen LogP contribution in [0.3, 0.4) is 0 Å². The van der Waals surface area contributed by atoms with Gasteiger partial charge in [-0.05, 0) is 25.2 Å². The normalized spacial score (nSPS) is 15.9. The van der Waals surface area contributed by atoms with Crippen molar-refractivity contribution in [1.29, 1.82) is 0 Å². The fraction of sp³-hybridized carbons (Fsp3) is 0.615. The minimum Gasteiger partial charge on any atom is -0.480 e. The van der Waals surface area contributed by atoms with E-state index in [1.807, 2.05) is 19.2 Å². The average Bonchev–Trinajstić information content (AvgIpc) is 3.09. The van der Waals surface area contributed by atoms with Crippen molar-refractivity contribution in [1.82, 2.24) is 10.3 Å². The van der Waals surface area contributed by atoms with Gasteiger partial charge in [0.1, 0.15) is 6.04 Å². The zero-order valence-corrected chi connectivity index (χ0v) is 12.4. The van der Waals surface area contributed by atoms with Crippen LogP contribution in [0.15, 0.2) is 5.38 Å². The Bertz CT molecular complexity index is 497. The lowest BCUT2D eigenvalue weighted by atomic mass is 10.0. The van der Waals surface area contributed by atoms with E-state index in [1.54, 1.807) is 0 Å². The fourth-order valence-electron chi connectivity index (χ4n) is 1.89. The summed E-state index contributed by atoms with van der Waals surface area (Å²) in [6.45, 7) is 3.83. The van der Waals surface area contributed by atoms with E-state index in [4.69, 9.17) is 5.11 Å². The first-order chi connectivity index (χ1) is 9.45. The van der Waals surface area contributed by atoms with E-state index in [-0.39, 0.29) is 5.92 Å². The van der Waals surface area contributed by atoms with Crippen LogP contribution in [-0.2, 0) is 4.79 Å². The Hall–Kier alpha value is -1.63. The number of rotatable bonds is 6. The number of thiazole rings is 1. The number of carbonyl (C=O) groups excluding carboxylic acids is 1. The second kappa shape index (κ2) is 6.21. The second-order valence-corrected chi connectivity index (χ2v) is 6.33. The lowest BCUT2D eigenvalue weighted by molar-refractivity contribution is -0.139. The van der Waals surface area contributed by atoms with Crippen LogP contribution in [0.5, 0.6) is 0 Å². The van der Waals surface area contributed by atoms with Crippen LogP contribution in [0.1, 0.15) is 44.7 Å². The highest BCUT2D eigenvalue weighted by atomic mass is 32.1. The molecule has 0 saturated heterocycles. The lowest BCUT2D eigenvalue weighted by Gasteiger charge is -2.16. The molecule has 2 amide bonds. The van der Waals surface area contributed by atoms with Crippen LogP contribution in [-0.4, -0.2) is 28.1 Å². The molecule has 0 aliphatic heterocycles. The van der Waals surface area contributed by atoms with Crippen LogP contribution in [0.2, 0.25) is 0 Å². The zero-order chi connectivity index (χ0) is 14.7. The molecule has 0 unspecified atom stereocenters. The smallest absolute Gasteiger partial charge is 0.326 e. The standard InChI is InChI=1S/C13H19N3O3S/c1-7(2)5-9(11(17)18)14-12(19)16-13-15-10(6-20-13)8-3-4-8/h6-9H,3-5H2,1-2H3,(H,17,18)(H2,14,15,16,19)/t9-/m0/s1. The molecule has 1 aromatic rings. The topological polar surface area (TPSA) is 91.3 Å². The second-order valence-electron chi connectivity index (χ2n) is 5.47. The average molecular weight is 297 g/mol. The number of hydrogen-bond acceptors (Lipinski definition) is 4. The van der Waals surface area contributed by atoms with Crippen molar-refractivity contribution in [2.75, 3.05) is 5.32 Å². The maximum atomic E-state index is 11.8. The van der Waals surface area contributed by atoms with E-state index in [2.05, 4.69) is 15.6 Å². The SMILES string of the molecule is CC(C)C[C@H](NC(=O)Nc1nc(C2CC2)cs1)C(=O)O. The molecule has 7 heteroatoms. The van der Waals surface area contributed by atoms with Gasteiger partial charge >= 0.3 is 12.0 Å². The zero-order valence-electron chi connectivity index (χ0n) is 11.5. The first kappa shape index (κ1) is 14.8. The Morgan fingerprint density at radius 2 is 2.20 bits per heavy atom. The highest BCUT2D eigenvalue weighted by Gasteiger charge is 2.26. The molecule has 6 nitrogen and oxygen atoms in total. The Morgan fingerprint density at radius 1 is 1.50 bits per heavy atom. The monoisotopic (exact) mass is 297 g/mol. The third kappa shape index (κ3) is 4.19. The van der Waals surface area contributed by atoms with E-state index in [9.17, 15) is 9.59 Å². The van der Waals surface area contributed by atoms with Crippen LogP contribution in [0, 0.1) is 5.92 Å². The molecule has 1 fully saturated rings. The summed E-state index contributed by atoms with van der Waals surface area (Å²) in [5, 5.41) is 16.6. The molecule has 1 atom stereocenters. The van der Waals surface area contributed by atoms with Gasteiger partial charge in [-0.1, -0.05) is 13.8 Å². The number of carbonyl (C=O) groups is 2. The fourth-order valence-corrected chi connectivity index (χ4v) is 2.68. The van der Waals surface area contributed by atoms with E-state index in [1.165, 1.54) is 11.3 Å². The van der Waals surface area contributed by atoms with E-state index in [0.717, 1.165) is 18.5 Å². The summed E-state index contributed by atoms with van der Waals surface area (Å²) in [5.74, 6) is -0.290. The van der Waals surface area contributed by atoms with Crippen LogP contribution < -0.4 is 10.6 Å². The van der Waals surface area contributed by atoms with Crippen molar-refractivity contribution in [2.45, 2.75) is 45.1 Å². The quantitative estimate of drug-likeness (QED) is 0.752. The molecule has 2 rings (SSSR count). The van der Waals surface area contributed by atoms with Crippen molar-refractivity contribution < 1.29 is 14.7 Å². The van der Waals surface area contributed by atoms with E-state index < -0.39 is 18.0 Å². The Labute approximate surface area is 121 Å². The Balaban J connectivity index is 1.87. The number of carboxylic acid groups (broad SMARTS) is 1. The minimum absolute atomic E-state index is 0.192. The third-order valence-corrected chi connectivity index (χ3v) is 3.82. The molecule has 1 heterocycles. The van der Waals surface area contributed by atoms with E-state index >= 15 is 0 Å². The minimum atomic E-state index is -1.02. The number of carboxylic acids is 1. The first-order valence-electron chi connectivity index (χ1n) is 6.71. The number of urea groups is 1. The summed E-state index contributed by atoms with van der Waals surface area (Å²) in [5.41, 5.74) is 1.02. The van der Waals surface area contributed by atoms with Crippen LogP contribution in [0.25, 0.3) is 0 Å². The number of aliphatic carboxylic acids is 1. The third-order valence-electron chi connectivity index (χ3n) is 3.05. The Kier molecular flexibility index (Phi) is 4.59. The molecule has 0 bridgehead atoms. The molecule has 110 valence electrons. The van der Waals surface area contributed by atoms with Crippen molar-refractivity contribution in [2.24, 2.45) is 5.92 Å². The Morgan fingerprint density at radius 3 is 2.75 bits per heavy atom. The highest BCUT2D eigenvalue weighted by Crippen LogP contribution is 2.40. The number of anilines is 1. The predicted molar refractivity (Wildman–Crippen MR) is 77.1 cm³/mol. The first-order valence-corrected chi connectivity index (χ1v) is 7.59. The largest absolute Gasteiger partial charge is 0.480 e. The van der Waals surface area contributed by atoms with Crippen LogP contribution in [0.4, 0.5) is 9.93 Å². The van der Waals surface area contributed by atoms with Gasteiger partial charge in [-0.25, -0.2) is 14.6 Å². The molecule has 0 aromatic carbocycles. The van der Waals surface area contributed by atoms with Gasteiger partial charge in [0.05, 0.1) is 5.69 Å². The van der Waals surface area contributed by atoms with Gasteiger partial charge in [0.25, 0.3) is 0 Å². The van der Waals surface area contributed by atoms with Gasteiger partial charge in [-0.15, -0.1) is 11.3 Å². The summed E-state index contributed by atoms with van der Waals surface area (Å²) >= 11 is 1.37. The van der Waals surface area contributed by atoms with Crippen molar-refractivity contribution in [3.63, 3.8) is 0 Å². The lowest BCUT2D eigenvalue weighted by Crippen LogP contribution is -2.43. The van der Waals surface area contributed by atoms with Gasteiger partial charge in [0.2, 0.25) is 0 Å². The van der Waals surface area contributed by atoms with Gasteiger partial charge < -0.3 is 10.4 Å². The highest BCUT2D eigenvalue weighted by molar-refractivity contribution is 7.13. The molecule has 1 aliphatic rings. The predicted octanol–water partition coefficient (Wildman–Crippen LogP) is 2.64. The molecule has 1 aromatic heterocycles. The summed E-state index contributed by atoms with van der Waals surface area (Å²) in [4.78, 5) is 27.2. The summed E-state index contributed by atoms with van der Waals surface area (Å²) in [7, 11) is 0. The van der Waals surface area contributed by atoms with Gasteiger partial charge in [0, 0.05) is 11.3 Å². The van der Waals surface area contributed by atoms with Crippen LogP contribution >= 0.6 is 11.3 Å². The van der Waals surface area contributed by atoms with Gasteiger partial charge in [0.15, 0.2) is 5.13 Å². The number of amides is 2. The molecule has 0 spiro atoms. The number of nitrogens with zero attached hydrogens (tertiary/aromatic N) is 1. The summed E-state index contributed by atoms with van der Waals surface area (Å²) in [6.07, 6.45) is 2.71. The van der Waals surface area contributed by atoms with E-state index in [0.29, 0.717) is 17.5 Å². The van der Waals surface area contributed by atoms with Crippen molar-refractivity contribution in [3.05, 3.63) is 11.1 Å². The van der Waals surface area contributed by atoms with Gasteiger partial charge in [-0.3, -0.25) is 5.32 Å². The summed E-state index contributed by atoms with van der Waals surface area (Å²) < 4.78 is 0. The molecular weight excluding hydrogens is 278 g/mol. The van der Waals surface area contributed by atoms with Crippen molar-refractivity contribution in [3.8, 4) is 0 Å². The molecule has 3 N–H and O–H groups in total. The number of hydrogen-bond donors (Lipinski definition) is 3. The molecule has 1 aliphatic carbocycles. The molecule has 0 radical (unpaired) electrons. The van der Waals surface area contributed by atoms with Gasteiger partial charge in [-0.2, -0.15) is 0 Å². The summed E-state index contributed by atoms with van der Waals surface area (Å²) in [6, 6.07) is -1.40. The number of aromatic nitrogens is 1. The maximum absolute atomic E-state index is 11.8. The van der Waals surface area contributed by atoms with Crippen molar-refractivity contribution >= 4 is 28.5 Å². The maximum Gasteiger partial charge on any atom is 0.326 e. The molecular formula is C13H19N3O3S.